The van der Waals surface area contributed by atoms with Crippen molar-refractivity contribution in [1.82, 2.24) is 0 Å². The summed E-state index contributed by atoms with van der Waals surface area (Å²) in [7, 11) is 0. The normalized spacial score (nSPS) is 19.2. The molecule has 0 aromatic carbocycles. The van der Waals surface area contributed by atoms with E-state index < -0.39 is 18.4 Å². The van der Waals surface area contributed by atoms with Crippen molar-refractivity contribution in [3.05, 3.63) is 0 Å². The number of hydrogen-bond acceptors (Lipinski definition) is 0. The van der Waals surface area contributed by atoms with Crippen molar-refractivity contribution >= 4 is 18.4 Å². The van der Waals surface area contributed by atoms with E-state index in [1.54, 1.807) is 28.1 Å². The molecule has 0 nitrogen and oxygen atoms in total. The van der Waals surface area contributed by atoms with Crippen molar-refractivity contribution in [1.29, 1.82) is 0 Å². The zero-order chi connectivity index (χ0) is 14.8. The van der Waals surface area contributed by atoms with E-state index in [9.17, 15) is 0 Å². The van der Waals surface area contributed by atoms with E-state index in [4.69, 9.17) is 0 Å². The quantitative estimate of drug-likeness (QED) is 0.342. The van der Waals surface area contributed by atoms with E-state index >= 15 is 0 Å². The molecule has 120 valence electrons. The van der Waals surface area contributed by atoms with Crippen molar-refractivity contribution < 1.29 is 0 Å². The molecule has 0 spiro atoms. The molecule has 1 unspecified atom stereocenters. The minimum atomic E-state index is -1.88. The van der Waals surface area contributed by atoms with E-state index in [2.05, 4.69) is 25.7 Å². The first-order valence-electron chi connectivity index (χ1n) is 9.68. The SMILES string of the molecule is CCC[CH2][Sn]([CH3])([CH2]CCC)[CH](CCC)C1CCCCC1. The minimum absolute atomic E-state index is 1.14. The Balaban J connectivity index is 2.77. The summed E-state index contributed by atoms with van der Waals surface area (Å²) in [5, 5.41) is 0. The predicted octanol–water partition coefficient (Wildman–Crippen LogP) is 7.42. The maximum atomic E-state index is 2.86. The summed E-state index contributed by atoms with van der Waals surface area (Å²) >= 11 is -1.88. The first-order valence-corrected chi connectivity index (χ1v) is 18.2. The zero-order valence-corrected chi connectivity index (χ0v) is 17.7. The Morgan fingerprint density at radius 3 is 1.85 bits per heavy atom. The standard InChI is InChI=1S/C10H19.2C4H9.CH3.Sn/c1-2-3-7-10-8-5-4-6-9-10;2*1-3-4-2;;/h7,10H,2-6,8-9H2,1H3;2*1,3-4H2,2H3;1H3;. The van der Waals surface area contributed by atoms with Gasteiger partial charge in [-0.2, -0.15) is 0 Å². The first kappa shape index (κ1) is 18.8. The third-order valence-corrected chi connectivity index (χ3v) is 21.7. The van der Waals surface area contributed by atoms with Gasteiger partial charge in [0.1, 0.15) is 0 Å². The van der Waals surface area contributed by atoms with E-state index in [1.165, 1.54) is 55.3 Å². The van der Waals surface area contributed by atoms with Crippen molar-refractivity contribution in [2.75, 3.05) is 0 Å². The van der Waals surface area contributed by atoms with Crippen LogP contribution in [0.3, 0.4) is 0 Å². The molecule has 0 amide bonds. The topological polar surface area (TPSA) is 0 Å². The van der Waals surface area contributed by atoms with Gasteiger partial charge in [-0.05, 0) is 0 Å². The number of unbranched alkanes of at least 4 members (excludes halogenated alkanes) is 2. The van der Waals surface area contributed by atoms with Crippen LogP contribution in [0.15, 0.2) is 0 Å². The Bertz CT molecular complexity index is 222. The Morgan fingerprint density at radius 1 is 0.850 bits per heavy atom. The van der Waals surface area contributed by atoms with Gasteiger partial charge in [-0.1, -0.05) is 0 Å². The van der Waals surface area contributed by atoms with Crippen LogP contribution in [0.2, 0.25) is 17.7 Å². The summed E-state index contributed by atoms with van der Waals surface area (Å²) in [6.07, 6.45) is 16.7. The van der Waals surface area contributed by atoms with Crippen LogP contribution in [0.25, 0.3) is 0 Å². The van der Waals surface area contributed by atoms with Gasteiger partial charge in [0, 0.05) is 0 Å². The van der Waals surface area contributed by atoms with Gasteiger partial charge in [0.25, 0.3) is 0 Å². The van der Waals surface area contributed by atoms with Crippen LogP contribution >= 0.6 is 0 Å². The zero-order valence-electron chi connectivity index (χ0n) is 14.8. The van der Waals surface area contributed by atoms with Crippen LogP contribution in [-0.2, 0) is 0 Å². The number of hydrogen-bond donors (Lipinski definition) is 0. The second-order valence-electron chi connectivity index (χ2n) is 7.65. The van der Waals surface area contributed by atoms with E-state index in [0.717, 1.165) is 5.92 Å². The molecule has 0 N–H and O–H groups in total. The van der Waals surface area contributed by atoms with Gasteiger partial charge in [0.05, 0.1) is 0 Å². The maximum absolute atomic E-state index is 2.86. The average molecular weight is 387 g/mol. The molecule has 1 heteroatoms. The van der Waals surface area contributed by atoms with Gasteiger partial charge < -0.3 is 0 Å². The van der Waals surface area contributed by atoms with Gasteiger partial charge in [-0.3, -0.25) is 0 Å². The molecule has 20 heavy (non-hydrogen) atoms. The average Bonchev–Trinajstić information content (AvgIpc) is 2.49. The molecule has 0 aromatic heterocycles. The van der Waals surface area contributed by atoms with Crippen LogP contribution in [0.5, 0.6) is 0 Å². The molecule has 1 saturated carbocycles. The molecular weight excluding hydrogens is 347 g/mol. The van der Waals surface area contributed by atoms with Gasteiger partial charge in [-0.25, -0.2) is 0 Å². The third kappa shape index (κ3) is 5.89. The van der Waals surface area contributed by atoms with Crippen molar-refractivity contribution in [3.8, 4) is 0 Å². The summed E-state index contributed by atoms with van der Waals surface area (Å²) in [4.78, 5) is 2.86. The molecule has 1 aliphatic rings. The molecule has 1 aliphatic carbocycles. The first-order chi connectivity index (χ1) is 9.68. The molecule has 0 bridgehead atoms. The van der Waals surface area contributed by atoms with E-state index in [0.29, 0.717) is 0 Å². The number of rotatable bonds is 10. The molecular formula is C19H40Sn. The molecule has 0 aromatic rings. The monoisotopic (exact) mass is 388 g/mol. The van der Waals surface area contributed by atoms with Gasteiger partial charge >= 0.3 is 133 Å². The van der Waals surface area contributed by atoms with Crippen LogP contribution in [0, 0.1) is 5.92 Å². The second kappa shape index (κ2) is 10.5. The van der Waals surface area contributed by atoms with Crippen molar-refractivity contribution in [2.45, 2.75) is 109 Å². The van der Waals surface area contributed by atoms with Crippen LogP contribution in [0.1, 0.15) is 91.4 Å². The van der Waals surface area contributed by atoms with E-state index in [1.807, 2.05) is 0 Å². The molecule has 0 saturated heterocycles. The summed E-state index contributed by atoms with van der Waals surface area (Å²) in [6.45, 7) is 7.21. The fraction of sp³-hybridized carbons (Fsp3) is 1.00. The van der Waals surface area contributed by atoms with Crippen molar-refractivity contribution in [2.24, 2.45) is 5.92 Å². The van der Waals surface area contributed by atoms with Crippen LogP contribution < -0.4 is 0 Å². The van der Waals surface area contributed by atoms with Gasteiger partial charge in [-0.15, -0.1) is 0 Å². The predicted molar refractivity (Wildman–Crippen MR) is 96.3 cm³/mol. The van der Waals surface area contributed by atoms with E-state index in [-0.39, 0.29) is 0 Å². The Hall–Kier alpha value is 0.799. The molecule has 0 radical (unpaired) electrons. The third-order valence-electron chi connectivity index (χ3n) is 5.92. The summed E-state index contributed by atoms with van der Waals surface area (Å²) < 4.78 is 4.59. The van der Waals surface area contributed by atoms with Crippen molar-refractivity contribution in [3.63, 3.8) is 0 Å². The van der Waals surface area contributed by atoms with Crippen LogP contribution in [-0.4, -0.2) is 18.4 Å². The summed E-state index contributed by atoms with van der Waals surface area (Å²) in [5.41, 5.74) is 0. The summed E-state index contributed by atoms with van der Waals surface area (Å²) in [6, 6.07) is 0. The second-order valence-corrected chi connectivity index (χ2v) is 22.1. The Morgan fingerprint density at radius 2 is 1.40 bits per heavy atom. The fourth-order valence-electron chi connectivity index (χ4n) is 4.66. The van der Waals surface area contributed by atoms with Gasteiger partial charge in [0.2, 0.25) is 0 Å². The molecule has 1 atom stereocenters. The molecule has 1 fully saturated rings. The molecule has 0 aliphatic heterocycles. The molecule has 1 rings (SSSR count). The Labute approximate surface area is 133 Å². The molecule has 0 heterocycles. The van der Waals surface area contributed by atoms with Crippen LogP contribution in [0.4, 0.5) is 0 Å². The summed E-state index contributed by atoms with van der Waals surface area (Å²) in [5.74, 6) is 1.14. The Kier molecular flexibility index (Phi) is 9.91. The fourth-order valence-corrected chi connectivity index (χ4v) is 21.1. The van der Waals surface area contributed by atoms with Gasteiger partial charge in [0.15, 0.2) is 0 Å².